The van der Waals surface area contributed by atoms with Crippen molar-refractivity contribution in [3.05, 3.63) is 178 Å². The quantitative estimate of drug-likeness (QED) is 0.106. The van der Waals surface area contributed by atoms with E-state index in [2.05, 4.69) is 10.6 Å². The van der Waals surface area contributed by atoms with Crippen molar-refractivity contribution in [2.75, 3.05) is 45.2 Å². The van der Waals surface area contributed by atoms with Gasteiger partial charge in [-0.3, -0.25) is 24.4 Å². The number of nitrogens with zero attached hydrogens (tertiary/aromatic N) is 3. The number of benzodiazepines with no additional fused rings is 2. The standard InChI is InChI=1S/C27H29N3O3.C26H25N3O4/c1-4-30-23-16-25(33-3)24(32-2)15-21(23)26(18-10-6-5-7-11-18)29-22(27(30)31)14-19-12-8-9-13-20(19)17-28;1-16(30)27-15-18-11-7-8-12-19(18)25-26(31)28-21-14-23(33-3)22(32-2)13-20(21)24(29-25)17-9-5-4-6-10-17/h5-13,15-16,22H,4,14,17,28H2,1-3H3;4-14,25H,15H2,1-3H3,(H,27,30)(H,28,31). The number of hydrogen-bond acceptors (Lipinski definition) is 10. The van der Waals surface area contributed by atoms with E-state index >= 15 is 0 Å². The Labute approximate surface area is 385 Å². The van der Waals surface area contributed by atoms with Gasteiger partial charge in [0.2, 0.25) is 5.91 Å². The van der Waals surface area contributed by atoms with Crippen LogP contribution in [0.3, 0.4) is 0 Å². The first kappa shape index (κ1) is 46.2. The van der Waals surface area contributed by atoms with Gasteiger partial charge in [0.15, 0.2) is 29.0 Å². The Balaban J connectivity index is 0.000000196. The minimum Gasteiger partial charge on any atom is -0.493 e. The summed E-state index contributed by atoms with van der Waals surface area (Å²) in [5.41, 5.74) is 15.7. The third kappa shape index (κ3) is 9.96. The van der Waals surface area contributed by atoms with E-state index in [1.54, 1.807) is 39.4 Å². The molecule has 0 saturated heterocycles. The lowest BCUT2D eigenvalue weighted by Gasteiger charge is -2.25. The average Bonchev–Trinajstić information content (AvgIpc) is 3.57. The van der Waals surface area contributed by atoms with Gasteiger partial charge in [-0.15, -0.1) is 0 Å². The Morgan fingerprint density at radius 1 is 0.667 bits per heavy atom. The zero-order valence-corrected chi connectivity index (χ0v) is 38.0. The van der Waals surface area contributed by atoms with Crippen LogP contribution in [0.4, 0.5) is 11.4 Å². The van der Waals surface area contributed by atoms with E-state index in [-0.39, 0.29) is 17.7 Å². The van der Waals surface area contributed by atoms with E-state index in [1.807, 2.05) is 134 Å². The van der Waals surface area contributed by atoms with Crippen molar-refractivity contribution in [1.82, 2.24) is 5.32 Å². The summed E-state index contributed by atoms with van der Waals surface area (Å²) in [7, 11) is 6.32. The maximum atomic E-state index is 13.8. The molecule has 2 aliphatic heterocycles. The van der Waals surface area contributed by atoms with E-state index in [1.165, 1.54) is 6.92 Å². The molecule has 66 heavy (non-hydrogen) atoms. The monoisotopic (exact) mass is 886 g/mol. The van der Waals surface area contributed by atoms with Crippen molar-refractivity contribution in [3.8, 4) is 23.0 Å². The fraction of sp³-hybridized carbons (Fsp3) is 0.226. The number of amides is 3. The summed E-state index contributed by atoms with van der Waals surface area (Å²) in [5.74, 6) is 1.74. The molecule has 0 aliphatic carbocycles. The van der Waals surface area contributed by atoms with Gasteiger partial charge in [-0.25, -0.2) is 0 Å². The Hall–Kier alpha value is -7.77. The summed E-state index contributed by atoms with van der Waals surface area (Å²) < 4.78 is 22.1. The highest BCUT2D eigenvalue weighted by Crippen LogP contribution is 2.40. The topological polar surface area (TPSA) is 166 Å². The minimum absolute atomic E-state index is 0.0521. The Bertz CT molecular complexity index is 2770. The molecule has 2 unspecified atom stereocenters. The number of ether oxygens (including phenoxy) is 4. The van der Waals surface area contributed by atoms with Crippen molar-refractivity contribution in [3.63, 3.8) is 0 Å². The molecule has 0 spiro atoms. The van der Waals surface area contributed by atoms with Crippen LogP contribution in [0.1, 0.15) is 64.4 Å². The van der Waals surface area contributed by atoms with Crippen LogP contribution in [0.25, 0.3) is 0 Å². The van der Waals surface area contributed by atoms with Crippen LogP contribution in [0.5, 0.6) is 23.0 Å². The summed E-state index contributed by atoms with van der Waals surface area (Å²) in [4.78, 5) is 50.5. The van der Waals surface area contributed by atoms with Gasteiger partial charge in [-0.2, -0.15) is 0 Å². The van der Waals surface area contributed by atoms with Crippen LogP contribution in [0.2, 0.25) is 0 Å². The van der Waals surface area contributed by atoms with E-state index in [4.69, 9.17) is 34.7 Å². The van der Waals surface area contributed by atoms with E-state index < -0.39 is 12.1 Å². The number of benzene rings is 6. The highest BCUT2D eigenvalue weighted by Gasteiger charge is 2.34. The number of nitrogens with two attached hydrogens (primary N) is 1. The van der Waals surface area contributed by atoms with Gasteiger partial charge in [-0.05, 0) is 41.3 Å². The van der Waals surface area contributed by atoms with Crippen molar-refractivity contribution in [2.24, 2.45) is 15.7 Å². The fourth-order valence-corrected chi connectivity index (χ4v) is 8.16. The van der Waals surface area contributed by atoms with Crippen LogP contribution < -0.4 is 40.2 Å². The predicted octanol–water partition coefficient (Wildman–Crippen LogP) is 7.85. The van der Waals surface area contributed by atoms with Crippen LogP contribution in [-0.4, -0.2) is 70.2 Å². The lowest BCUT2D eigenvalue weighted by atomic mass is 9.98. The van der Waals surface area contributed by atoms with Crippen molar-refractivity contribution in [1.29, 1.82) is 0 Å². The summed E-state index contributed by atoms with van der Waals surface area (Å²) >= 11 is 0. The maximum absolute atomic E-state index is 13.8. The van der Waals surface area contributed by atoms with Gasteiger partial charge in [0.25, 0.3) is 11.8 Å². The number of methoxy groups -OCH3 is 4. The second-order valence-corrected chi connectivity index (χ2v) is 15.4. The zero-order valence-electron chi connectivity index (χ0n) is 38.0. The SMILES string of the molecule is CCN1C(=O)C(Cc2ccccc2CN)N=C(c2ccccc2)c2cc(OC)c(OC)cc21.COc1cc2c(cc1OC)C(c1ccccc1)=NC(c1ccccc1CNC(C)=O)C(=O)N2. The Morgan fingerprint density at radius 2 is 1.18 bits per heavy atom. The van der Waals surface area contributed by atoms with Crippen molar-refractivity contribution < 1.29 is 33.3 Å². The number of carbonyl (C=O) groups excluding carboxylic acids is 3. The molecule has 2 atom stereocenters. The second-order valence-electron chi connectivity index (χ2n) is 15.4. The number of fused-ring (bicyclic) bond motifs is 2. The van der Waals surface area contributed by atoms with Gasteiger partial charge in [-0.1, -0.05) is 109 Å². The number of rotatable bonds is 13. The highest BCUT2D eigenvalue weighted by molar-refractivity contribution is 6.21. The molecular formula is C53H54N6O7. The first-order chi connectivity index (χ1) is 32.1. The molecule has 4 N–H and O–H groups in total. The second kappa shape index (κ2) is 21.3. The molecule has 3 amide bonds. The van der Waals surface area contributed by atoms with Crippen LogP contribution >= 0.6 is 0 Å². The molecule has 338 valence electrons. The molecule has 2 heterocycles. The lowest BCUT2D eigenvalue weighted by Crippen LogP contribution is -2.39. The third-order valence-electron chi connectivity index (χ3n) is 11.5. The molecule has 0 saturated carbocycles. The highest BCUT2D eigenvalue weighted by atomic mass is 16.5. The molecule has 8 rings (SSSR count). The Morgan fingerprint density at radius 3 is 1.76 bits per heavy atom. The number of anilines is 2. The molecule has 13 nitrogen and oxygen atoms in total. The van der Waals surface area contributed by atoms with Crippen molar-refractivity contribution in [2.45, 2.75) is 45.4 Å². The molecule has 2 aliphatic rings. The lowest BCUT2D eigenvalue weighted by molar-refractivity contribution is -0.120. The third-order valence-corrected chi connectivity index (χ3v) is 11.5. The molecule has 6 aromatic carbocycles. The molecule has 0 radical (unpaired) electrons. The summed E-state index contributed by atoms with van der Waals surface area (Å²) in [6.45, 7) is 4.66. The molecular weight excluding hydrogens is 833 g/mol. The smallest absolute Gasteiger partial charge is 0.253 e. The number of aliphatic imine (C=N–C) groups is 2. The van der Waals surface area contributed by atoms with Gasteiger partial charge in [0.1, 0.15) is 6.04 Å². The predicted molar refractivity (Wildman–Crippen MR) is 258 cm³/mol. The molecule has 0 bridgehead atoms. The normalized spacial score (nSPS) is 15.2. The first-order valence-corrected chi connectivity index (χ1v) is 21.6. The largest absolute Gasteiger partial charge is 0.493 e. The van der Waals surface area contributed by atoms with Crippen LogP contribution in [0, 0.1) is 0 Å². The first-order valence-electron chi connectivity index (χ1n) is 21.6. The summed E-state index contributed by atoms with van der Waals surface area (Å²) in [5, 5.41) is 5.82. The number of nitrogens with one attached hydrogen (secondary N) is 2. The van der Waals surface area contributed by atoms with Gasteiger partial charge in [0.05, 0.1) is 51.2 Å². The van der Waals surface area contributed by atoms with Gasteiger partial charge in [0, 0.05) is 67.4 Å². The summed E-state index contributed by atoms with van der Waals surface area (Å²) in [6, 6.07) is 41.0. The molecule has 13 heteroatoms. The van der Waals surface area contributed by atoms with Crippen LogP contribution in [-0.2, 0) is 33.9 Å². The molecule has 0 aromatic heterocycles. The maximum Gasteiger partial charge on any atom is 0.253 e. The molecule has 6 aromatic rings. The number of hydrogen-bond donors (Lipinski definition) is 3. The minimum atomic E-state index is -0.811. The van der Waals surface area contributed by atoms with E-state index in [0.29, 0.717) is 60.5 Å². The average molecular weight is 887 g/mol. The summed E-state index contributed by atoms with van der Waals surface area (Å²) in [6.07, 6.45) is 0.474. The number of carbonyl (C=O) groups is 3. The van der Waals surface area contributed by atoms with Crippen LogP contribution in [0.15, 0.2) is 143 Å². The van der Waals surface area contributed by atoms with E-state index in [9.17, 15) is 14.4 Å². The zero-order chi connectivity index (χ0) is 46.7. The molecule has 0 fully saturated rings. The van der Waals surface area contributed by atoms with Gasteiger partial charge >= 0.3 is 0 Å². The van der Waals surface area contributed by atoms with E-state index in [0.717, 1.165) is 55.9 Å². The van der Waals surface area contributed by atoms with Gasteiger partial charge < -0.3 is 40.2 Å². The number of likely N-dealkylation sites (N-methyl/N-ethyl adjacent to an activating group) is 1. The fourth-order valence-electron chi connectivity index (χ4n) is 8.16. The van der Waals surface area contributed by atoms with Crippen molar-refractivity contribution >= 4 is 40.5 Å². The Kier molecular flexibility index (Phi) is 14.9.